The molecule has 4 nitrogen and oxygen atoms in total. The molecule has 2 atom stereocenters. The number of benzene rings is 1. The van der Waals surface area contributed by atoms with E-state index in [-0.39, 0.29) is 5.92 Å². The largest absolute Gasteiger partial charge is 0.381 e. The molecule has 0 N–H and O–H groups in total. The van der Waals surface area contributed by atoms with Crippen LogP contribution in [0.15, 0.2) is 30.3 Å². The molecule has 2 aliphatic rings. The fraction of sp³-hybridized carbons (Fsp3) is 0.667. The highest BCUT2D eigenvalue weighted by atomic mass is 16.5. The van der Waals surface area contributed by atoms with Crippen LogP contribution in [0, 0.1) is 11.8 Å². The van der Waals surface area contributed by atoms with Crippen LogP contribution in [0.4, 0.5) is 0 Å². The zero-order valence-electron chi connectivity index (χ0n) is 15.7. The van der Waals surface area contributed by atoms with Crippen LogP contribution in [0.1, 0.15) is 38.2 Å². The standard InChI is InChI=1S/C21H32N2O2/c1-3-22-12-10-18(11-13-22)21(24)23-14-19(16-25-4-2)20(15-23)17-8-6-5-7-9-17/h5-9,18-20H,3-4,10-16H2,1-2H3/t19-,20-/m1/s1. The molecule has 1 aromatic rings. The number of carbonyl (C=O) groups is 1. The number of piperidine rings is 1. The van der Waals surface area contributed by atoms with E-state index in [9.17, 15) is 4.79 Å². The van der Waals surface area contributed by atoms with Crippen molar-refractivity contribution in [2.75, 3.05) is 45.9 Å². The van der Waals surface area contributed by atoms with Crippen molar-refractivity contribution < 1.29 is 9.53 Å². The van der Waals surface area contributed by atoms with Gasteiger partial charge in [-0.15, -0.1) is 0 Å². The molecule has 0 aromatic heterocycles. The van der Waals surface area contributed by atoms with E-state index in [0.29, 0.717) is 17.7 Å². The average molecular weight is 344 g/mol. The van der Waals surface area contributed by atoms with Gasteiger partial charge in [-0.25, -0.2) is 0 Å². The SMILES string of the molecule is CCOC[C@H]1CN(C(=O)C2CCN(CC)CC2)C[C@@H]1c1ccccc1. The van der Waals surface area contributed by atoms with Gasteiger partial charge in [0.05, 0.1) is 6.61 Å². The van der Waals surface area contributed by atoms with Gasteiger partial charge in [-0.1, -0.05) is 37.3 Å². The summed E-state index contributed by atoms with van der Waals surface area (Å²) in [6.07, 6.45) is 2.02. The quantitative estimate of drug-likeness (QED) is 0.795. The molecule has 2 saturated heterocycles. The summed E-state index contributed by atoms with van der Waals surface area (Å²) in [6, 6.07) is 10.6. The lowest BCUT2D eigenvalue weighted by Crippen LogP contribution is -2.42. The molecule has 0 spiro atoms. The molecular formula is C21H32N2O2. The van der Waals surface area contributed by atoms with Crippen molar-refractivity contribution in [2.24, 2.45) is 11.8 Å². The first-order valence-electron chi connectivity index (χ1n) is 9.86. The number of hydrogen-bond donors (Lipinski definition) is 0. The van der Waals surface area contributed by atoms with Gasteiger partial charge in [-0.05, 0) is 45.0 Å². The smallest absolute Gasteiger partial charge is 0.225 e. The van der Waals surface area contributed by atoms with Crippen LogP contribution in [-0.2, 0) is 9.53 Å². The minimum absolute atomic E-state index is 0.213. The summed E-state index contributed by atoms with van der Waals surface area (Å²) in [6.45, 7) is 10.6. The Bertz CT molecular complexity index is 540. The van der Waals surface area contributed by atoms with Gasteiger partial charge in [-0.3, -0.25) is 4.79 Å². The number of carbonyl (C=O) groups excluding carboxylic acids is 1. The van der Waals surface area contributed by atoms with E-state index in [4.69, 9.17) is 4.74 Å². The number of hydrogen-bond acceptors (Lipinski definition) is 3. The first kappa shape index (κ1) is 18.4. The third-order valence-electron chi connectivity index (χ3n) is 5.90. The zero-order valence-corrected chi connectivity index (χ0v) is 15.7. The Morgan fingerprint density at radius 1 is 1.12 bits per heavy atom. The first-order chi connectivity index (χ1) is 12.2. The third kappa shape index (κ3) is 4.42. The Morgan fingerprint density at radius 3 is 2.48 bits per heavy atom. The highest BCUT2D eigenvalue weighted by Crippen LogP contribution is 2.34. The molecule has 3 rings (SSSR count). The van der Waals surface area contributed by atoms with Crippen LogP contribution < -0.4 is 0 Å². The topological polar surface area (TPSA) is 32.8 Å². The molecule has 0 saturated carbocycles. The van der Waals surface area contributed by atoms with E-state index < -0.39 is 0 Å². The lowest BCUT2D eigenvalue weighted by molar-refractivity contribution is -0.136. The van der Waals surface area contributed by atoms with Crippen molar-refractivity contribution in [2.45, 2.75) is 32.6 Å². The van der Waals surface area contributed by atoms with E-state index in [2.05, 4.69) is 47.1 Å². The van der Waals surface area contributed by atoms with E-state index in [0.717, 1.165) is 58.8 Å². The molecule has 138 valence electrons. The van der Waals surface area contributed by atoms with E-state index in [1.54, 1.807) is 0 Å². The van der Waals surface area contributed by atoms with Crippen LogP contribution in [0.25, 0.3) is 0 Å². The van der Waals surface area contributed by atoms with Crippen LogP contribution in [0.3, 0.4) is 0 Å². The van der Waals surface area contributed by atoms with Gasteiger partial charge in [0.1, 0.15) is 0 Å². The zero-order chi connectivity index (χ0) is 17.6. The number of nitrogens with zero attached hydrogens (tertiary/aromatic N) is 2. The predicted octanol–water partition coefficient (Wildman–Crippen LogP) is 3.00. The second-order valence-corrected chi connectivity index (χ2v) is 7.39. The van der Waals surface area contributed by atoms with Gasteiger partial charge in [0.2, 0.25) is 5.91 Å². The van der Waals surface area contributed by atoms with Crippen molar-refractivity contribution in [1.29, 1.82) is 0 Å². The highest BCUT2D eigenvalue weighted by Gasteiger charge is 2.38. The Hall–Kier alpha value is -1.39. The Labute approximate surface area is 152 Å². The molecule has 25 heavy (non-hydrogen) atoms. The number of amides is 1. The Balaban J connectivity index is 1.65. The molecule has 1 amide bonds. The van der Waals surface area contributed by atoms with Gasteiger partial charge in [0, 0.05) is 37.5 Å². The predicted molar refractivity (Wildman–Crippen MR) is 101 cm³/mol. The van der Waals surface area contributed by atoms with E-state index in [1.165, 1.54) is 5.56 Å². The second-order valence-electron chi connectivity index (χ2n) is 7.39. The molecule has 0 radical (unpaired) electrons. The summed E-state index contributed by atoms with van der Waals surface area (Å²) in [5.41, 5.74) is 1.34. The molecular weight excluding hydrogens is 312 g/mol. The normalized spacial score (nSPS) is 25.4. The monoisotopic (exact) mass is 344 g/mol. The Morgan fingerprint density at radius 2 is 1.84 bits per heavy atom. The molecule has 2 aliphatic heterocycles. The summed E-state index contributed by atoms with van der Waals surface area (Å²) >= 11 is 0. The van der Waals surface area contributed by atoms with Crippen molar-refractivity contribution >= 4 is 5.91 Å². The highest BCUT2D eigenvalue weighted by molar-refractivity contribution is 5.79. The Kier molecular flexibility index (Phi) is 6.49. The van der Waals surface area contributed by atoms with Crippen molar-refractivity contribution in [3.05, 3.63) is 35.9 Å². The number of ether oxygens (including phenoxy) is 1. The number of rotatable bonds is 6. The van der Waals surface area contributed by atoms with Gasteiger partial charge in [0.25, 0.3) is 0 Å². The maximum atomic E-state index is 13.1. The molecule has 0 aliphatic carbocycles. The first-order valence-corrected chi connectivity index (χ1v) is 9.86. The number of likely N-dealkylation sites (tertiary alicyclic amines) is 2. The van der Waals surface area contributed by atoms with E-state index in [1.807, 2.05) is 6.92 Å². The average Bonchev–Trinajstić information content (AvgIpc) is 3.10. The summed E-state index contributed by atoms with van der Waals surface area (Å²) < 4.78 is 5.73. The molecule has 0 bridgehead atoms. The van der Waals surface area contributed by atoms with Gasteiger partial charge in [0.15, 0.2) is 0 Å². The second kappa shape index (κ2) is 8.81. The minimum atomic E-state index is 0.213. The fourth-order valence-corrected chi connectivity index (χ4v) is 4.32. The summed E-state index contributed by atoms with van der Waals surface area (Å²) in [5.74, 6) is 1.38. The van der Waals surface area contributed by atoms with Crippen molar-refractivity contribution in [3.63, 3.8) is 0 Å². The van der Waals surface area contributed by atoms with E-state index >= 15 is 0 Å². The van der Waals surface area contributed by atoms with Crippen LogP contribution in [0.5, 0.6) is 0 Å². The minimum Gasteiger partial charge on any atom is -0.381 e. The van der Waals surface area contributed by atoms with Crippen molar-refractivity contribution in [3.8, 4) is 0 Å². The molecule has 2 fully saturated rings. The van der Waals surface area contributed by atoms with Gasteiger partial charge >= 0.3 is 0 Å². The summed E-state index contributed by atoms with van der Waals surface area (Å²) in [7, 11) is 0. The van der Waals surface area contributed by atoms with Crippen LogP contribution in [0.2, 0.25) is 0 Å². The summed E-state index contributed by atoms with van der Waals surface area (Å²) in [5, 5.41) is 0. The fourth-order valence-electron chi connectivity index (χ4n) is 4.32. The maximum Gasteiger partial charge on any atom is 0.225 e. The molecule has 0 unspecified atom stereocenters. The van der Waals surface area contributed by atoms with Crippen LogP contribution in [-0.4, -0.2) is 61.6 Å². The summed E-state index contributed by atoms with van der Waals surface area (Å²) in [4.78, 5) is 17.6. The van der Waals surface area contributed by atoms with Crippen LogP contribution >= 0.6 is 0 Å². The maximum absolute atomic E-state index is 13.1. The van der Waals surface area contributed by atoms with Crippen molar-refractivity contribution in [1.82, 2.24) is 9.80 Å². The van der Waals surface area contributed by atoms with Gasteiger partial charge < -0.3 is 14.5 Å². The van der Waals surface area contributed by atoms with Gasteiger partial charge in [-0.2, -0.15) is 0 Å². The molecule has 1 aromatic carbocycles. The lowest BCUT2D eigenvalue weighted by Gasteiger charge is -2.32. The third-order valence-corrected chi connectivity index (χ3v) is 5.90. The lowest BCUT2D eigenvalue weighted by atomic mass is 9.89. The molecule has 2 heterocycles. The molecule has 4 heteroatoms.